The number of hydrogen-bond donors (Lipinski definition) is 3. The summed E-state index contributed by atoms with van der Waals surface area (Å²) >= 11 is 11.0. The Balaban J connectivity index is 1.38. The maximum absolute atomic E-state index is 12.7. The van der Waals surface area contributed by atoms with Gasteiger partial charge < -0.3 is 24.8 Å². The van der Waals surface area contributed by atoms with Crippen molar-refractivity contribution in [1.29, 1.82) is 5.26 Å². The van der Waals surface area contributed by atoms with E-state index >= 15 is 0 Å². The van der Waals surface area contributed by atoms with Crippen molar-refractivity contribution in [2.24, 2.45) is 5.10 Å². The minimum Gasteiger partial charge on any atom is -0.487 e. The van der Waals surface area contributed by atoms with Crippen LogP contribution in [-0.2, 0) is 20.9 Å². The number of hydrazone groups is 1. The third-order valence-electron chi connectivity index (χ3n) is 6.29. The molecule has 1 heterocycles. The number of carbonyl (C=O) groups is 2. The average molecular weight is 788 g/mol. The second kappa shape index (κ2) is 15.6. The number of nitrogens with one attached hydrogen (secondary N) is 3. The lowest BCUT2D eigenvalue weighted by molar-refractivity contribution is -0.139. The fourth-order valence-corrected chi connectivity index (χ4v) is 6.35. The molecular formula is C31H27BrIN5O5S. The van der Waals surface area contributed by atoms with Gasteiger partial charge in [0.05, 0.1) is 44.1 Å². The molecule has 10 nitrogen and oxygen atoms in total. The Labute approximate surface area is 282 Å². The summed E-state index contributed by atoms with van der Waals surface area (Å²) in [6.45, 7) is 3.62. The molecule has 13 heteroatoms. The van der Waals surface area contributed by atoms with Crippen LogP contribution in [0.25, 0.3) is 0 Å². The second-order valence-electron chi connectivity index (χ2n) is 9.28. The highest BCUT2D eigenvalue weighted by Gasteiger charge is 2.32. The first-order valence-electron chi connectivity index (χ1n) is 13.3. The number of ether oxygens (including phenoxy) is 3. The van der Waals surface area contributed by atoms with Gasteiger partial charge in [-0.3, -0.25) is 4.79 Å². The predicted molar refractivity (Wildman–Crippen MR) is 181 cm³/mol. The van der Waals surface area contributed by atoms with E-state index < -0.39 is 17.9 Å². The third kappa shape index (κ3) is 8.34. The molecule has 0 aliphatic carbocycles. The van der Waals surface area contributed by atoms with Crippen LogP contribution in [0.5, 0.6) is 11.5 Å². The van der Waals surface area contributed by atoms with E-state index in [1.807, 2.05) is 30.3 Å². The van der Waals surface area contributed by atoms with Crippen molar-refractivity contribution in [3.63, 3.8) is 0 Å². The van der Waals surface area contributed by atoms with Gasteiger partial charge in [-0.15, -0.1) is 0 Å². The van der Waals surface area contributed by atoms with Crippen LogP contribution >= 0.6 is 50.7 Å². The summed E-state index contributed by atoms with van der Waals surface area (Å²) < 4.78 is 18.6. The van der Waals surface area contributed by atoms with Crippen LogP contribution in [0.1, 0.15) is 42.1 Å². The number of allylic oxidation sites excluding steroid dienone is 1. The Hall–Kier alpha value is -4.00. The third-order valence-corrected chi connectivity index (χ3v) is 7.90. The Kier molecular flexibility index (Phi) is 11.7. The quantitative estimate of drug-likeness (QED) is 0.0770. The van der Waals surface area contributed by atoms with Gasteiger partial charge in [-0.05, 0) is 94.4 Å². The molecule has 3 N–H and O–H groups in total. The molecule has 1 aliphatic heterocycles. The van der Waals surface area contributed by atoms with E-state index in [-0.39, 0.29) is 19.8 Å². The van der Waals surface area contributed by atoms with E-state index in [0.29, 0.717) is 43.5 Å². The second-order valence-corrected chi connectivity index (χ2v) is 11.7. The number of hydrogen-bond acceptors (Lipinski definition) is 8. The zero-order chi connectivity index (χ0) is 31.6. The number of esters is 1. The first-order chi connectivity index (χ1) is 21.2. The molecular weight excluding hydrogens is 761 g/mol. The minimum atomic E-state index is -0.631. The van der Waals surface area contributed by atoms with Crippen LogP contribution in [0.2, 0.25) is 0 Å². The molecule has 226 valence electrons. The zero-order valence-electron chi connectivity index (χ0n) is 23.6. The number of para-hydroxylation sites is 1. The molecule has 44 heavy (non-hydrogen) atoms. The van der Waals surface area contributed by atoms with Crippen LogP contribution < -0.4 is 25.5 Å². The number of carbonyl (C=O) groups excluding carboxylic acids is 2. The first-order valence-corrected chi connectivity index (χ1v) is 15.6. The van der Waals surface area contributed by atoms with Crippen molar-refractivity contribution in [2.45, 2.75) is 26.5 Å². The van der Waals surface area contributed by atoms with Gasteiger partial charge in [0.15, 0.2) is 11.7 Å². The number of nitrogens with zero attached hydrogens (tertiary/aromatic N) is 2. The summed E-state index contributed by atoms with van der Waals surface area (Å²) in [5, 5.41) is 19.8. The van der Waals surface area contributed by atoms with Crippen LogP contribution in [0.4, 0.5) is 0 Å². The lowest BCUT2D eigenvalue weighted by Crippen LogP contribution is -2.45. The highest BCUT2D eigenvalue weighted by atomic mass is 127. The van der Waals surface area contributed by atoms with Gasteiger partial charge in [0.2, 0.25) is 0 Å². The normalized spacial score (nSPS) is 14.3. The lowest BCUT2D eigenvalue weighted by atomic mass is 9.95. The van der Waals surface area contributed by atoms with Crippen LogP contribution in [0, 0.1) is 14.9 Å². The van der Waals surface area contributed by atoms with Crippen molar-refractivity contribution in [1.82, 2.24) is 16.1 Å². The summed E-state index contributed by atoms with van der Waals surface area (Å²) in [7, 11) is 0. The highest BCUT2D eigenvalue weighted by Crippen LogP contribution is 2.34. The summed E-state index contributed by atoms with van der Waals surface area (Å²) in [6.07, 6.45) is 1.51. The molecule has 3 aromatic rings. The Morgan fingerprint density at radius 3 is 2.68 bits per heavy atom. The molecule has 0 radical (unpaired) electrons. The molecule has 0 unspecified atom stereocenters. The molecule has 0 saturated heterocycles. The zero-order valence-corrected chi connectivity index (χ0v) is 28.2. The van der Waals surface area contributed by atoms with Gasteiger partial charge in [0, 0.05) is 16.8 Å². The van der Waals surface area contributed by atoms with E-state index in [1.54, 1.807) is 44.2 Å². The van der Waals surface area contributed by atoms with E-state index in [1.165, 1.54) is 6.21 Å². The molecule has 1 aliphatic rings. The van der Waals surface area contributed by atoms with Crippen molar-refractivity contribution in [2.75, 3.05) is 13.2 Å². The molecule has 0 bridgehead atoms. The smallest absolute Gasteiger partial charge is 0.338 e. The molecule has 1 amide bonds. The molecule has 1 atom stereocenters. The van der Waals surface area contributed by atoms with Crippen LogP contribution in [-0.4, -0.2) is 36.4 Å². The van der Waals surface area contributed by atoms with E-state index in [2.05, 4.69) is 65.8 Å². The summed E-state index contributed by atoms with van der Waals surface area (Å²) in [4.78, 5) is 25.3. The standard InChI is InChI=1S/C31H27BrIN5O5S/c1-3-41-30(40)27-18(2)36-31(44)37-28(27)22-10-6-7-11-25(22)42-17-26(39)38-35-15-19-12-23(32)29(24(33)13-19)43-16-21-9-5-4-8-20(21)14-34/h4-13,15,28H,3,16-17H2,1-2H3,(H,38,39)(H2,36,37,44)/t28-/m1/s1. The predicted octanol–water partition coefficient (Wildman–Crippen LogP) is 5.39. The average Bonchev–Trinajstić information content (AvgIpc) is 2.99. The van der Waals surface area contributed by atoms with E-state index in [4.69, 9.17) is 26.4 Å². The highest BCUT2D eigenvalue weighted by molar-refractivity contribution is 14.1. The van der Waals surface area contributed by atoms with Gasteiger partial charge in [-0.25, -0.2) is 10.2 Å². The van der Waals surface area contributed by atoms with Gasteiger partial charge in [0.1, 0.15) is 18.1 Å². The molecule has 3 aromatic carbocycles. The Morgan fingerprint density at radius 2 is 1.93 bits per heavy atom. The monoisotopic (exact) mass is 787 g/mol. The number of halogens is 2. The minimum absolute atomic E-state index is 0.220. The fourth-order valence-electron chi connectivity index (χ4n) is 4.31. The number of rotatable bonds is 11. The summed E-state index contributed by atoms with van der Waals surface area (Å²) in [6, 6.07) is 19.5. The number of benzene rings is 3. The van der Waals surface area contributed by atoms with Crippen molar-refractivity contribution in [3.8, 4) is 17.6 Å². The first kappa shape index (κ1) is 32.9. The SMILES string of the molecule is CCOC(=O)C1=C(C)NC(=S)N[C@@H]1c1ccccc1OCC(=O)NN=Cc1cc(Br)c(OCc2ccccc2C#N)c(I)c1. The van der Waals surface area contributed by atoms with Gasteiger partial charge in [0.25, 0.3) is 5.91 Å². The topological polar surface area (TPSA) is 134 Å². The number of thiocarbonyl (C=S) groups is 1. The van der Waals surface area contributed by atoms with Crippen LogP contribution in [0.15, 0.2) is 81.5 Å². The number of nitriles is 1. The van der Waals surface area contributed by atoms with E-state index in [9.17, 15) is 14.9 Å². The van der Waals surface area contributed by atoms with Crippen molar-refractivity contribution < 1.29 is 23.8 Å². The Morgan fingerprint density at radius 1 is 1.18 bits per heavy atom. The summed E-state index contributed by atoms with van der Waals surface area (Å²) in [5.74, 6) is 0.0679. The van der Waals surface area contributed by atoms with E-state index in [0.717, 1.165) is 14.7 Å². The van der Waals surface area contributed by atoms with Crippen molar-refractivity contribution in [3.05, 3.63) is 102 Å². The van der Waals surface area contributed by atoms with Crippen molar-refractivity contribution >= 4 is 73.9 Å². The number of amides is 1. The molecule has 0 saturated carbocycles. The maximum Gasteiger partial charge on any atom is 0.338 e. The largest absolute Gasteiger partial charge is 0.487 e. The van der Waals surface area contributed by atoms with Gasteiger partial charge >= 0.3 is 5.97 Å². The van der Waals surface area contributed by atoms with Gasteiger partial charge in [-0.1, -0.05) is 36.4 Å². The molecule has 0 aromatic heterocycles. The molecule has 0 spiro atoms. The lowest BCUT2D eigenvalue weighted by Gasteiger charge is -2.30. The summed E-state index contributed by atoms with van der Waals surface area (Å²) in [5.41, 5.74) is 6.10. The Bertz CT molecular complexity index is 1670. The van der Waals surface area contributed by atoms with Gasteiger partial charge in [-0.2, -0.15) is 10.4 Å². The molecule has 4 rings (SSSR count). The maximum atomic E-state index is 12.7. The molecule has 0 fully saturated rings. The fraction of sp³-hybridized carbons (Fsp3) is 0.194. The van der Waals surface area contributed by atoms with Crippen LogP contribution in [0.3, 0.4) is 0 Å².